The number of pyridine rings is 2. The minimum absolute atomic E-state index is 0.456. The molecule has 4 heteroatoms. The van der Waals surface area contributed by atoms with Gasteiger partial charge in [-0.3, -0.25) is 4.98 Å². The second kappa shape index (κ2) is 2.60. The van der Waals surface area contributed by atoms with Gasteiger partial charge < -0.3 is 5.73 Å². The number of aromatic nitrogens is 2. The normalized spacial score (nSPS) is 10.4. The Bertz CT molecular complexity index is 428. The number of nitrogens with two attached hydrogens (primary N) is 1. The first kappa shape index (κ1) is 7.31. The number of hydrogen-bond donors (Lipinski definition) is 1. The molecule has 0 aliphatic carbocycles. The molecule has 0 saturated carbocycles. The van der Waals surface area contributed by atoms with Crippen LogP contribution < -0.4 is 5.73 Å². The maximum Gasteiger partial charge on any atom is 0.125 e. The summed E-state index contributed by atoms with van der Waals surface area (Å²) in [4.78, 5) is 8.02. The van der Waals surface area contributed by atoms with Crippen molar-refractivity contribution in [1.29, 1.82) is 0 Å². The third-order valence-corrected chi connectivity index (χ3v) is 1.92. The Morgan fingerprint density at radius 2 is 2.17 bits per heavy atom. The number of anilines is 1. The summed E-state index contributed by atoms with van der Waals surface area (Å²) in [6.45, 7) is 0. The molecule has 2 heterocycles. The van der Waals surface area contributed by atoms with Crippen LogP contribution >= 0.6 is 11.6 Å². The molecule has 0 aliphatic rings. The maximum atomic E-state index is 5.89. The molecule has 0 bridgehead atoms. The van der Waals surface area contributed by atoms with E-state index in [1.807, 2.05) is 0 Å². The lowest BCUT2D eigenvalue weighted by Gasteiger charge is -1.98. The van der Waals surface area contributed by atoms with Crippen LogP contribution in [0.1, 0.15) is 0 Å². The van der Waals surface area contributed by atoms with Crippen molar-refractivity contribution < 1.29 is 0 Å². The van der Waals surface area contributed by atoms with Crippen molar-refractivity contribution >= 4 is 28.3 Å². The van der Waals surface area contributed by atoms with Gasteiger partial charge in [-0.05, 0) is 6.07 Å². The molecular weight excluding hydrogens is 174 g/mol. The summed E-state index contributed by atoms with van der Waals surface area (Å²) in [6, 6.07) is 3.42. The van der Waals surface area contributed by atoms with Gasteiger partial charge in [0.2, 0.25) is 0 Å². The first-order valence-corrected chi connectivity index (χ1v) is 3.81. The topological polar surface area (TPSA) is 51.8 Å². The Hall–Kier alpha value is -1.35. The number of rotatable bonds is 0. The first-order valence-electron chi connectivity index (χ1n) is 3.43. The summed E-state index contributed by atoms with van der Waals surface area (Å²) < 4.78 is 0. The summed E-state index contributed by atoms with van der Waals surface area (Å²) in [5.74, 6) is 0.456. The van der Waals surface area contributed by atoms with E-state index in [2.05, 4.69) is 9.97 Å². The smallest absolute Gasteiger partial charge is 0.125 e. The van der Waals surface area contributed by atoms with Gasteiger partial charge in [0.15, 0.2) is 0 Å². The van der Waals surface area contributed by atoms with Gasteiger partial charge in [0, 0.05) is 23.8 Å². The molecule has 0 aromatic carbocycles. The Balaban J connectivity index is 2.86. The third kappa shape index (κ3) is 1.08. The maximum absolute atomic E-state index is 5.89. The van der Waals surface area contributed by atoms with E-state index in [4.69, 9.17) is 17.3 Å². The molecule has 0 amide bonds. The molecule has 2 aromatic heterocycles. The number of nitrogen functional groups attached to an aromatic ring is 1. The van der Waals surface area contributed by atoms with Gasteiger partial charge in [-0.2, -0.15) is 0 Å². The second-order valence-electron chi connectivity index (χ2n) is 2.42. The van der Waals surface area contributed by atoms with Gasteiger partial charge in [0.1, 0.15) is 5.82 Å². The quantitative estimate of drug-likeness (QED) is 0.672. The zero-order valence-electron chi connectivity index (χ0n) is 6.16. The van der Waals surface area contributed by atoms with Crippen LogP contribution in [0.15, 0.2) is 24.5 Å². The van der Waals surface area contributed by atoms with E-state index in [9.17, 15) is 0 Å². The highest BCUT2D eigenvalue weighted by molar-refractivity contribution is 6.35. The molecule has 0 fully saturated rings. The van der Waals surface area contributed by atoms with Crippen molar-refractivity contribution in [2.24, 2.45) is 0 Å². The highest BCUT2D eigenvalue weighted by Gasteiger charge is 1.99. The Kier molecular flexibility index (Phi) is 1.59. The lowest BCUT2D eigenvalue weighted by molar-refractivity contribution is 1.33. The summed E-state index contributed by atoms with van der Waals surface area (Å²) in [6.07, 6.45) is 3.27. The molecule has 2 rings (SSSR count). The van der Waals surface area contributed by atoms with Crippen molar-refractivity contribution in [2.45, 2.75) is 0 Å². The number of fused-ring (bicyclic) bond motifs is 1. The molecular formula is C8H6ClN3. The van der Waals surface area contributed by atoms with Crippen molar-refractivity contribution in [1.82, 2.24) is 9.97 Å². The third-order valence-electron chi connectivity index (χ3n) is 1.60. The van der Waals surface area contributed by atoms with Crippen LogP contribution in [0.4, 0.5) is 5.82 Å². The predicted octanol–water partition coefficient (Wildman–Crippen LogP) is 1.87. The van der Waals surface area contributed by atoms with Crippen LogP contribution in [0.25, 0.3) is 10.9 Å². The largest absolute Gasteiger partial charge is 0.384 e. The molecule has 60 valence electrons. The van der Waals surface area contributed by atoms with Crippen molar-refractivity contribution in [2.75, 3.05) is 5.73 Å². The summed E-state index contributed by atoms with van der Waals surface area (Å²) in [5, 5.41) is 1.47. The molecule has 0 atom stereocenters. The molecule has 2 aromatic rings. The summed E-state index contributed by atoms with van der Waals surface area (Å²) >= 11 is 5.89. The number of nitrogens with zero attached hydrogens (tertiary/aromatic N) is 2. The Labute approximate surface area is 74.2 Å². The predicted molar refractivity (Wildman–Crippen MR) is 49.0 cm³/mol. The van der Waals surface area contributed by atoms with Crippen LogP contribution in [-0.2, 0) is 0 Å². The Morgan fingerprint density at radius 3 is 3.00 bits per heavy atom. The molecule has 0 spiro atoms. The van der Waals surface area contributed by atoms with Crippen LogP contribution in [-0.4, -0.2) is 9.97 Å². The zero-order chi connectivity index (χ0) is 8.55. The lowest BCUT2D eigenvalue weighted by Crippen LogP contribution is -1.90. The highest BCUT2D eigenvalue weighted by Crippen LogP contribution is 2.20. The van der Waals surface area contributed by atoms with Gasteiger partial charge >= 0.3 is 0 Å². The van der Waals surface area contributed by atoms with Crippen LogP contribution in [0.2, 0.25) is 5.02 Å². The van der Waals surface area contributed by atoms with Crippen LogP contribution in [0.3, 0.4) is 0 Å². The van der Waals surface area contributed by atoms with E-state index in [1.54, 1.807) is 24.5 Å². The van der Waals surface area contributed by atoms with Crippen molar-refractivity contribution in [3.8, 4) is 0 Å². The van der Waals surface area contributed by atoms with E-state index in [0.717, 1.165) is 10.9 Å². The van der Waals surface area contributed by atoms with E-state index in [1.165, 1.54) is 0 Å². The fourth-order valence-corrected chi connectivity index (χ4v) is 1.23. The molecule has 0 radical (unpaired) electrons. The van der Waals surface area contributed by atoms with Gasteiger partial charge in [-0.1, -0.05) is 11.6 Å². The second-order valence-corrected chi connectivity index (χ2v) is 2.83. The fourth-order valence-electron chi connectivity index (χ4n) is 1.02. The molecule has 3 nitrogen and oxygen atoms in total. The molecule has 0 unspecified atom stereocenters. The van der Waals surface area contributed by atoms with Crippen molar-refractivity contribution in [3.05, 3.63) is 29.5 Å². The average molecular weight is 180 g/mol. The standard InChI is InChI=1S/C8H6ClN3/c9-6-1-2-11-7-3-8(10)12-4-5(6)7/h1-4H,(H2,10,12). The monoisotopic (exact) mass is 179 g/mol. The summed E-state index contributed by atoms with van der Waals surface area (Å²) in [5.41, 5.74) is 6.25. The van der Waals surface area contributed by atoms with Crippen LogP contribution in [0.5, 0.6) is 0 Å². The molecule has 0 saturated heterocycles. The molecule has 2 N–H and O–H groups in total. The number of halogens is 1. The highest BCUT2D eigenvalue weighted by atomic mass is 35.5. The SMILES string of the molecule is Nc1cc2nccc(Cl)c2cn1. The van der Waals surface area contributed by atoms with E-state index >= 15 is 0 Å². The number of hydrogen-bond acceptors (Lipinski definition) is 3. The van der Waals surface area contributed by atoms with Gasteiger partial charge in [0.25, 0.3) is 0 Å². The minimum atomic E-state index is 0.456. The van der Waals surface area contributed by atoms with Gasteiger partial charge in [-0.25, -0.2) is 4.98 Å². The summed E-state index contributed by atoms with van der Waals surface area (Å²) in [7, 11) is 0. The first-order chi connectivity index (χ1) is 5.77. The van der Waals surface area contributed by atoms with Gasteiger partial charge in [0.05, 0.1) is 10.5 Å². The van der Waals surface area contributed by atoms with Gasteiger partial charge in [-0.15, -0.1) is 0 Å². The van der Waals surface area contributed by atoms with Crippen LogP contribution in [0, 0.1) is 0 Å². The van der Waals surface area contributed by atoms with E-state index in [0.29, 0.717) is 10.8 Å². The lowest BCUT2D eigenvalue weighted by atomic mass is 10.3. The zero-order valence-corrected chi connectivity index (χ0v) is 6.92. The average Bonchev–Trinajstić information content (AvgIpc) is 2.04. The Morgan fingerprint density at radius 1 is 1.33 bits per heavy atom. The van der Waals surface area contributed by atoms with E-state index in [-0.39, 0.29) is 0 Å². The molecule has 12 heavy (non-hydrogen) atoms. The minimum Gasteiger partial charge on any atom is -0.384 e. The van der Waals surface area contributed by atoms with Crippen molar-refractivity contribution in [3.63, 3.8) is 0 Å². The molecule has 0 aliphatic heterocycles. The van der Waals surface area contributed by atoms with E-state index < -0.39 is 0 Å². The fraction of sp³-hybridized carbons (Fsp3) is 0.